The van der Waals surface area contributed by atoms with Gasteiger partial charge in [-0.1, -0.05) is 78.3 Å². The van der Waals surface area contributed by atoms with Gasteiger partial charge in [0.15, 0.2) is 11.6 Å². The number of benzene rings is 3. The van der Waals surface area contributed by atoms with Gasteiger partial charge in [-0.3, -0.25) is 0 Å². The summed E-state index contributed by atoms with van der Waals surface area (Å²) in [5.41, 5.74) is 11.2. The van der Waals surface area contributed by atoms with E-state index in [1.807, 2.05) is 61.5 Å². The number of nitrogens with zero attached hydrogens (tertiary/aromatic N) is 3. The monoisotopic (exact) mass is 429 g/mol. The number of aryl methyl sites for hydroxylation is 1. The van der Waals surface area contributed by atoms with Crippen molar-refractivity contribution in [2.45, 2.75) is 20.0 Å². The minimum atomic E-state index is 0.492. The first-order valence-corrected chi connectivity index (χ1v) is 10.4. The second-order valence-corrected chi connectivity index (χ2v) is 7.78. The third-order valence-electron chi connectivity index (χ3n) is 5.03. The van der Waals surface area contributed by atoms with Crippen molar-refractivity contribution in [1.29, 1.82) is 0 Å². The van der Waals surface area contributed by atoms with Crippen LogP contribution in [0.1, 0.15) is 16.7 Å². The summed E-state index contributed by atoms with van der Waals surface area (Å²) < 4.78 is 0. The van der Waals surface area contributed by atoms with E-state index in [9.17, 15) is 0 Å². The van der Waals surface area contributed by atoms with E-state index >= 15 is 0 Å². The number of aromatic nitrogens is 2. The number of rotatable bonds is 7. The second kappa shape index (κ2) is 9.49. The van der Waals surface area contributed by atoms with Crippen LogP contribution < -0.4 is 16.0 Å². The van der Waals surface area contributed by atoms with Gasteiger partial charge in [-0.2, -0.15) is 0 Å². The number of nitrogens with one attached hydrogen (secondary N) is 1. The number of halogens is 1. The molecular weight excluding hydrogens is 406 g/mol. The zero-order valence-electron chi connectivity index (χ0n) is 17.3. The van der Waals surface area contributed by atoms with Gasteiger partial charge in [0.25, 0.3) is 0 Å². The van der Waals surface area contributed by atoms with Crippen LogP contribution in [0.5, 0.6) is 0 Å². The highest BCUT2D eigenvalue weighted by Crippen LogP contribution is 2.31. The predicted molar refractivity (Wildman–Crippen MR) is 129 cm³/mol. The van der Waals surface area contributed by atoms with Crippen molar-refractivity contribution in [3.8, 4) is 0 Å². The van der Waals surface area contributed by atoms with Crippen LogP contribution in [-0.2, 0) is 13.1 Å². The fraction of sp³-hybridized carbons (Fsp3) is 0.120. The molecule has 156 valence electrons. The van der Waals surface area contributed by atoms with Crippen LogP contribution >= 0.6 is 11.6 Å². The average Bonchev–Trinajstić information content (AvgIpc) is 2.79. The highest BCUT2D eigenvalue weighted by atomic mass is 35.5. The molecule has 0 radical (unpaired) electrons. The van der Waals surface area contributed by atoms with Crippen LogP contribution in [0.15, 0.2) is 85.2 Å². The fourth-order valence-electron chi connectivity index (χ4n) is 3.36. The molecule has 0 saturated heterocycles. The van der Waals surface area contributed by atoms with Crippen molar-refractivity contribution in [3.05, 3.63) is 107 Å². The fourth-order valence-corrected chi connectivity index (χ4v) is 3.54. The summed E-state index contributed by atoms with van der Waals surface area (Å²) >= 11 is 6.27. The number of nitrogens with two attached hydrogens (primary N) is 1. The molecule has 3 aromatic carbocycles. The van der Waals surface area contributed by atoms with Gasteiger partial charge in [-0.15, -0.1) is 0 Å². The quantitative estimate of drug-likeness (QED) is 0.378. The van der Waals surface area contributed by atoms with E-state index in [-0.39, 0.29) is 0 Å². The van der Waals surface area contributed by atoms with Gasteiger partial charge in [0.05, 0.1) is 0 Å². The Labute approximate surface area is 187 Å². The predicted octanol–water partition coefficient (Wildman–Crippen LogP) is 5.97. The minimum Gasteiger partial charge on any atom is -0.393 e. The van der Waals surface area contributed by atoms with Crippen LogP contribution in [0.25, 0.3) is 0 Å². The first kappa shape index (κ1) is 20.7. The first-order chi connectivity index (χ1) is 15.1. The smallest absolute Gasteiger partial charge is 0.159 e. The SMILES string of the molecule is Cc1ccc(Nc2ncnc(N(Cc3ccccc3)Cc3ccccc3)c2N)cc1Cl. The molecule has 0 bridgehead atoms. The summed E-state index contributed by atoms with van der Waals surface area (Å²) in [6, 6.07) is 26.3. The van der Waals surface area contributed by atoms with E-state index in [2.05, 4.69) is 44.5 Å². The van der Waals surface area contributed by atoms with Crippen molar-refractivity contribution >= 4 is 34.6 Å². The number of anilines is 4. The van der Waals surface area contributed by atoms with E-state index in [1.165, 1.54) is 17.5 Å². The van der Waals surface area contributed by atoms with Crippen molar-refractivity contribution < 1.29 is 0 Å². The van der Waals surface area contributed by atoms with E-state index in [0.29, 0.717) is 35.4 Å². The van der Waals surface area contributed by atoms with Gasteiger partial charge < -0.3 is 16.0 Å². The molecule has 4 aromatic rings. The standard InChI is InChI=1S/C25H24ClN5/c1-18-12-13-21(14-22(18)26)30-24-23(27)25(29-17-28-24)31(15-19-8-4-2-5-9-19)16-20-10-6-3-7-11-20/h2-14,17H,15-16,27H2,1H3,(H,28,29,30). The molecule has 0 saturated carbocycles. The second-order valence-electron chi connectivity index (χ2n) is 7.38. The van der Waals surface area contributed by atoms with Gasteiger partial charge in [-0.25, -0.2) is 9.97 Å². The number of hydrogen-bond donors (Lipinski definition) is 2. The van der Waals surface area contributed by atoms with Gasteiger partial charge in [0.2, 0.25) is 0 Å². The maximum absolute atomic E-state index is 6.55. The Morgan fingerprint density at radius 2 is 1.48 bits per heavy atom. The molecule has 31 heavy (non-hydrogen) atoms. The zero-order chi connectivity index (χ0) is 21.6. The van der Waals surface area contributed by atoms with E-state index in [4.69, 9.17) is 17.3 Å². The Kier molecular flexibility index (Phi) is 6.34. The highest BCUT2D eigenvalue weighted by Gasteiger charge is 2.17. The molecule has 0 amide bonds. The van der Waals surface area contributed by atoms with E-state index in [0.717, 1.165) is 11.3 Å². The number of hydrogen-bond acceptors (Lipinski definition) is 5. The molecule has 3 N–H and O–H groups in total. The number of nitrogen functional groups attached to an aromatic ring is 1. The lowest BCUT2D eigenvalue weighted by Crippen LogP contribution is -2.24. The van der Waals surface area contributed by atoms with Gasteiger partial charge >= 0.3 is 0 Å². The van der Waals surface area contributed by atoms with Crippen molar-refractivity contribution in [2.75, 3.05) is 16.0 Å². The van der Waals surface area contributed by atoms with Crippen molar-refractivity contribution in [2.24, 2.45) is 0 Å². The molecule has 0 aliphatic rings. The van der Waals surface area contributed by atoms with Crippen LogP contribution in [0.2, 0.25) is 5.02 Å². The summed E-state index contributed by atoms with van der Waals surface area (Å²) in [7, 11) is 0. The molecule has 5 nitrogen and oxygen atoms in total. The third kappa shape index (κ3) is 5.13. The maximum atomic E-state index is 6.55. The zero-order valence-corrected chi connectivity index (χ0v) is 18.1. The summed E-state index contributed by atoms with van der Waals surface area (Å²) in [5, 5.41) is 3.96. The topological polar surface area (TPSA) is 67.1 Å². The molecule has 0 atom stereocenters. The van der Waals surface area contributed by atoms with Crippen LogP contribution in [-0.4, -0.2) is 9.97 Å². The lowest BCUT2D eigenvalue weighted by molar-refractivity contribution is 0.782. The van der Waals surface area contributed by atoms with Crippen LogP contribution in [0.4, 0.5) is 23.0 Å². The largest absolute Gasteiger partial charge is 0.393 e. The van der Waals surface area contributed by atoms with Crippen molar-refractivity contribution in [1.82, 2.24) is 9.97 Å². The summed E-state index contributed by atoms with van der Waals surface area (Å²) in [4.78, 5) is 11.1. The molecule has 1 aromatic heterocycles. The Balaban J connectivity index is 1.66. The average molecular weight is 430 g/mol. The first-order valence-electron chi connectivity index (χ1n) is 10.1. The minimum absolute atomic E-state index is 0.492. The normalized spacial score (nSPS) is 10.6. The van der Waals surface area contributed by atoms with Gasteiger partial charge in [0, 0.05) is 23.8 Å². The van der Waals surface area contributed by atoms with Crippen molar-refractivity contribution in [3.63, 3.8) is 0 Å². The highest BCUT2D eigenvalue weighted by molar-refractivity contribution is 6.31. The van der Waals surface area contributed by atoms with Crippen LogP contribution in [0, 0.1) is 6.92 Å². The molecule has 0 aliphatic heterocycles. The molecule has 4 rings (SSSR count). The molecule has 6 heteroatoms. The molecule has 0 spiro atoms. The molecule has 1 heterocycles. The Bertz CT molecular complexity index is 1110. The summed E-state index contributed by atoms with van der Waals surface area (Å²) in [6.45, 7) is 3.31. The molecule has 0 aliphatic carbocycles. The third-order valence-corrected chi connectivity index (χ3v) is 5.44. The molecule has 0 fully saturated rings. The summed E-state index contributed by atoms with van der Waals surface area (Å²) in [6.07, 6.45) is 1.53. The van der Waals surface area contributed by atoms with E-state index < -0.39 is 0 Å². The van der Waals surface area contributed by atoms with E-state index in [1.54, 1.807) is 0 Å². The van der Waals surface area contributed by atoms with Gasteiger partial charge in [0.1, 0.15) is 12.0 Å². The Morgan fingerprint density at radius 3 is 2.06 bits per heavy atom. The lowest BCUT2D eigenvalue weighted by Gasteiger charge is -2.26. The molecular formula is C25H24ClN5. The Hall–Kier alpha value is -3.57. The Morgan fingerprint density at radius 1 is 0.871 bits per heavy atom. The van der Waals surface area contributed by atoms with Crippen LogP contribution in [0.3, 0.4) is 0 Å². The molecule has 0 unspecified atom stereocenters. The summed E-state index contributed by atoms with van der Waals surface area (Å²) in [5.74, 6) is 1.24. The van der Waals surface area contributed by atoms with Gasteiger partial charge in [-0.05, 0) is 35.7 Å². The lowest BCUT2D eigenvalue weighted by atomic mass is 10.1. The maximum Gasteiger partial charge on any atom is 0.159 e.